The molecule has 7 heteroatoms. The average molecular weight is 354 g/mol. The molecule has 2 aromatic rings. The van der Waals surface area contributed by atoms with Crippen molar-refractivity contribution in [3.05, 3.63) is 64.7 Å². The Hall–Kier alpha value is -2.77. The lowest BCUT2D eigenvalue weighted by Crippen LogP contribution is -2.48. The van der Waals surface area contributed by atoms with Crippen LogP contribution in [-0.2, 0) is 4.79 Å². The lowest BCUT2D eigenvalue weighted by molar-refractivity contribution is -0.384. The van der Waals surface area contributed by atoms with Crippen LogP contribution in [0.2, 0.25) is 0 Å². The van der Waals surface area contributed by atoms with Crippen LogP contribution in [0.25, 0.3) is 0 Å². The highest BCUT2D eigenvalue weighted by Crippen LogP contribution is 2.33. The summed E-state index contributed by atoms with van der Waals surface area (Å²) in [5, 5.41) is 11.5. The predicted octanol–water partition coefficient (Wildman–Crippen LogP) is 2.51. The van der Waals surface area contributed by atoms with Gasteiger partial charge in [0.1, 0.15) is 5.69 Å². The predicted molar refractivity (Wildman–Crippen MR) is 101 cm³/mol. The van der Waals surface area contributed by atoms with Crippen molar-refractivity contribution < 1.29 is 9.72 Å². The number of nitro benzene ring substituents is 1. The number of carbonyl (C=O) groups excluding carboxylic acids is 1. The molecule has 0 aliphatic carbocycles. The third-order valence-corrected chi connectivity index (χ3v) is 4.54. The van der Waals surface area contributed by atoms with Gasteiger partial charge in [0.15, 0.2) is 0 Å². The highest BCUT2D eigenvalue weighted by Gasteiger charge is 2.27. The molecule has 7 nitrogen and oxygen atoms in total. The van der Waals surface area contributed by atoms with Gasteiger partial charge in [0.05, 0.1) is 11.5 Å². The van der Waals surface area contributed by atoms with Gasteiger partial charge < -0.3 is 4.90 Å². The molecule has 1 amide bonds. The third kappa shape index (κ3) is 4.07. The monoisotopic (exact) mass is 354 g/mol. The fourth-order valence-electron chi connectivity index (χ4n) is 3.07. The first-order valence-electron chi connectivity index (χ1n) is 8.58. The summed E-state index contributed by atoms with van der Waals surface area (Å²) in [6.45, 7) is 3.66. The van der Waals surface area contributed by atoms with Crippen LogP contribution in [0.4, 0.5) is 17.1 Å². The number of hydrogen-bond donors (Lipinski definition) is 0. The minimum Gasteiger partial charge on any atom is -0.304 e. The van der Waals surface area contributed by atoms with Gasteiger partial charge >= 0.3 is 0 Å². The Kier molecular flexibility index (Phi) is 5.60. The molecule has 0 radical (unpaired) electrons. The van der Waals surface area contributed by atoms with Crippen LogP contribution >= 0.6 is 0 Å². The summed E-state index contributed by atoms with van der Waals surface area (Å²) in [5.41, 5.74) is 0.840. The normalized spacial score (nSPS) is 15.6. The van der Waals surface area contributed by atoms with Gasteiger partial charge in [0, 0.05) is 37.9 Å². The van der Waals surface area contributed by atoms with E-state index >= 15 is 0 Å². The van der Waals surface area contributed by atoms with Crippen molar-refractivity contribution in [1.29, 1.82) is 0 Å². The van der Waals surface area contributed by atoms with Gasteiger partial charge in [-0.3, -0.25) is 24.7 Å². The zero-order valence-electron chi connectivity index (χ0n) is 14.7. The van der Waals surface area contributed by atoms with Crippen molar-refractivity contribution in [1.82, 2.24) is 9.80 Å². The number of nitrogens with zero attached hydrogens (tertiary/aromatic N) is 4. The maximum atomic E-state index is 13.1. The highest BCUT2D eigenvalue weighted by molar-refractivity contribution is 6.03. The molecular formula is C19H22N4O3. The minimum atomic E-state index is -0.450. The Labute approximate surface area is 152 Å². The number of para-hydroxylation sites is 3. The summed E-state index contributed by atoms with van der Waals surface area (Å²) in [6.07, 6.45) is 0. The van der Waals surface area contributed by atoms with Crippen LogP contribution in [0.5, 0.6) is 0 Å². The summed E-state index contributed by atoms with van der Waals surface area (Å²) in [6, 6.07) is 15.4. The third-order valence-electron chi connectivity index (χ3n) is 4.54. The Morgan fingerprint density at radius 2 is 1.65 bits per heavy atom. The van der Waals surface area contributed by atoms with Gasteiger partial charge in [0.2, 0.25) is 5.91 Å². The summed E-state index contributed by atoms with van der Waals surface area (Å²) >= 11 is 0. The number of nitro groups is 1. The molecule has 0 atom stereocenters. The second kappa shape index (κ2) is 8.07. The molecule has 26 heavy (non-hydrogen) atoms. The number of carbonyl (C=O) groups is 1. The molecule has 0 saturated carbocycles. The molecule has 1 heterocycles. The van der Waals surface area contributed by atoms with Crippen LogP contribution in [0.3, 0.4) is 0 Å². The van der Waals surface area contributed by atoms with Crippen LogP contribution in [0.1, 0.15) is 0 Å². The maximum Gasteiger partial charge on any atom is 0.293 e. The van der Waals surface area contributed by atoms with Crippen molar-refractivity contribution >= 4 is 23.0 Å². The van der Waals surface area contributed by atoms with Gasteiger partial charge in [-0.25, -0.2) is 0 Å². The molecule has 136 valence electrons. The van der Waals surface area contributed by atoms with Crippen LogP contribution < -0.4 is 4.90 Å². The van der Waals surface area contributed by atoms with Gasteiger partial charge in [-0.15, -0.1) is 0 Å². The molecule has 0 unspecified atom stereocenters. The van der Waals surface area contributed by atoms with Crippen LogP contribution in [-0.4, -0.2) is 60.4 Å². The van der Waals surface area contributed by atoms with Gasteiger partial charge in [-0.2, -0.15) is 0 Å². The van der Waals surface area contributed by atoms with E-state index < -0.39 is 4.92 Å². The lowest BCUT2D eigenvalue weighted by atomic mass is 10.2. The first kappa shape index (κ1) is 18.0. The maximum absolute atomic E-state index is 13.1. The Morgan fingerprint density at radius 3 is 2.31 bits per heavy atom. The number of anilines is 2. The SMILES string of the molecule is CN1CCN(CC(=O)N(c2ccccc2)c2ccccc2[N+](=O)[O-])CC1. The van der Waals surface area contributed by atoms with Crippen molar-refractivity contribution in [3.63, 3.8) is 0 Å². The highest BCUT2D eigenvalue weighted by atomic mass is 16.6. The molecular weight excluding hydrogens is 332 g/mol. The van der Waals surface area contributed by atoms with E-state index in [2.05, 4.69) is 16.8 Å². The molecule has 1 aliphatic heterocycles. The fraction of sp³-hybridized carbons (Fsp3) is 0.316. The van der Waals surface area contributed by atoms with E-state index in [1.54, 1.807) is 30.3 Å². The number of hydrogen-bond acceptors (Lipinski definition) is 5. The van der Waals surface area contributed by atoms with Crippen LogP contribution in [0, 0.1) is 10.1 Å². The summed E-state index contributed by atoms with van der Waals surface area (Å²) in [4.78, 5) is 29.9. The smallest absolute Gasteiger partial charge is 0.293 e. The lowest BCUT2D eigenvalue weighted by Gasteiger charge is -2.33. The molecule has 0 bridgehead atoms. The zero-order valence-corrected chi connectivity index (χ0v) is 14.7. The quantitative estimate of drug-likeness (QED) is 0.609. The number of likely N-dealkylation sites (N-methyl/N-ethyl adjacent to an activating group) is 1. The fourth-order valence-corrected chi connectivity index (χ4v) is 3.07. The Balaban J connectivity index is 1.92. The average Bonchev–Trinajstić information content (AvgIpc) is 2.65. The molecule has 1 saturated heterocycles. The topological polar surface area (TPSA) is 69.9 Å². The van der Waals surface area contributed by atoms with Crippen molar-refractivity contribution in [3.8, 4) is 0 Å². The minimum absolute atomic E-state index is 0.0805. The molecule has 1 aliphatic rings. The van der Waals surface area contributed by atoms with E-state index in [9.17, 15) is 14.9 Å². The Bertz CT molecular complexity index is 773. The van der Waals surface area contributed by atoms with Crippen molar-refractivity contribution in [2.45, 2.75) is 0 Å². The second-order valence-corrected chi connectivity index (χ2v) is 6.39. The standard InChI is InChI=1S/C19H22N4O3/c1-20-11-13-21(14-12-20)15-19(24)22(16-7-3-2-4-8-16)17-9-5-6-10-18(17)23(25)26/h2-10H,11-15H2,1H3. The van der Waals surface area contributed by atoms with E-state index in [1.165, 1.54) is 11.0 Å². The summed E-state index contributed by atoms with van der Waals surface area (Å²) in [5.74, 6) is -0.171. The van der Waals surface area contributed by atoms with Gasteiger partial charge in [-0.1, -0.05) is 30.3 Å². The molecule has 1 fully saturated rings. The number of amides is 1. The van der Waals surface area contributed by atoms with Gasteiger partial charge in [-0.05, 0) is 25.2 Å². The molecule has 3 rings (SSSR count). The van der Waals surface area contributed by atoms with E-state index in [-0.39, 0.29) is 18.1 Å². The van der Waals surface area contributed by atoms with E-state index in [4.69, 9.17) is 0 Å². The van der Waals surface area contributed by atoms with Gasteiger partial charge in [0.25, 0.3) is 5.69 Å². The number of piperazine rings is 1. The van der Waals surface area contributed by atoms with Crippen molar-refractivity contribution in [2.24, 2.45) is 0 Å². The summed E-state index contributed by atoms with van der Waals surface area (Å²) in [7, 11) is 2.06. The Morgan fingerprint density at radius 1 is 1.04 bits per heavy atom. The number of rotatable bonds is 5. The molecule has 0 spiro atoms. The zero-order chi connectivity index (χ0) is 18.5. The molecule has 2 aromatic carbocycles. The molecule has 0 aromatic heterocycles. The summed E-state index contributed by atoms with van der Waals surface area (Å²) < 4.78 is 0. The first-order valence-corrected chi connectivity index (χ1v) is 8.58. The van der Waals surface area contributed by atoms with Crippen LogP contribution in [0.15, 0.2) is 54.6 Å². The van der Waals surface area contributed by atoms with E-state index in [0.717, 1.165) is 26.2 Å². The largest absolute Gasteiger partial charge is 0.304 e. The van der Waals surface area contributed by atoms with E-state index in [0.29, 0.717) is 11.4 Å². The first-order chi connectivity index (χ1) is 12.6. The molecule has 0 N–H and O–H groups in total. The number of benzene rings is 2. The van der Waals surface area contributed by atoms with Crippen molar-refractivity contribution in [2.75, 3.05) is 44.7 Å². The second-order valence-electron chi connectivity index (χ2n) is 6.39. The van der Waals surface area contributed by atoms with E-state index in [1.807, 2.05) is 18.2 Å².